The molecule has 0 radical (unpaired) electrons. The van der Waals surface area contributed by atoms with Gasteiger partial charge >= 0.3 is 6.09 Å². The van der Waals surface area contributed by atoms with Crippen LogP contribution in [0.1, 0.15) is 53.2 Å². The molecule has 1 aromatic rings. The summed E-state index contributed by atoms with van der Waals surface area (Å²) in [6.45, 7) is 11.6. The summed E-state index contributed by atoms with van der Waals surface area (Å²) in [7, 11) is -5.99. The van der Waals surface area contributed by atoms with Crippen LogP contribution in [-0.2, 0) is 14.4 Å². The minimum absolute atomic E-state index is 0.0367. The summed E-state index contributed by atoms with van der Waals surface area (Å²) in [6, 6.07) is 6.85. The summed E-state index contributed by atoms with van der Waals surface area (Å²) in [4.78, 5) is 12.7. The lowest BCUT2D eigenvalue weighted by Gasteiger charge is -2.34. The summed E-state index contributed by atoms with van der Waals surface area (Å²) >= 11 is 0. The van der Waals surface area contributed by atoms with E-state index in [1.54, 1.807) is 26.8 Å². The van der Waals surface area contributed by atoms with E-state index in [2.05, 4.69) is 26.1 Å². The second-order valence-corrected chi connectivity index (χ2v) is 15.6. The number of ether oxygens (including phenoxy) is 1. The van der Waals surface area contributed by atoms with Crippen LogP contribution in [-0.4, -0.2) is 63.7 Å². The fourth-order valence-electron chi connectivity index (χ4n) is 3.68. The molecule has 8 nitrogen and oxygen atoms in total. The lowest BCUT2D eigenvalue weighted by Crippen LogP contribution is -2.50. The molecule has 1 rings (SSSR count). The second-order valence-electron chi connectivity index (χ2n) is 9.03. The number of carbonyl (C=O) groups is 1. The van der Waals surface area contributed by atoms with Crippen molar-refractivity contribution in [2.24, 2.45) is 0 Å². The van der Waals surface area contributed by atoms with Crippen molar-refractivity contribution in [1.82, 2.24) is 9.62 Å². The zero-order valence-electron chi connectivity index (χ0n) is 20.8. The Morgan fingerprint density at radius 3 is 2.24 bits per heavy atom. The Kier molecular flexibility index (Phi) is 11.0. The van der Waals surface area contributed by atoms with Crippen molar-refractivity contribution in [3.05, 3.63) is 29.6 Å². The standard InChI is InChI=1S/C22H39FN2O6SSi/c1-8-33(9-2,10-3)31-20(16-24-13-14-26)17-11-12-18(23)19(15-17)30-21(27)25(22(4,5)6)32(7,28)29/h11-12,15,20,24,26H,8-10,13-14,16H2,1-7H3. The molecule has 11 heteroatoms. The quantitative estimate of drug-likeness (QED) is 0.326. The SMILES string of the molecule is CC[Si](CC)(CC)OC(CNCCO)c1ccc(F)c(OC(=O)N(C(C)(C)C)S(C)(=O)=O)c1. The van der Waals surface area contributed by atoms with E-state index in [-0.39, 0.29) is 12.4 Å². The van der Waals surface area contributed by atoms with E-state index in [0.717, 1.165) is 24.4 Å². The van der Waals surface area contributed by atoms with E-state index < -0.39 is 41.9 Å². The number of hydrogen-bond acceptors (Lipinski definition) is 7. The zero-order chi connectivity index (χ0) is 25.4. The molecule has 0 spiro atoms. The van der Waals surface area contributed by atoms with Crippen LogP contribution in [0.2, 0.25) is 18.1 Å². The number of aliphatic hydroxyl groups excluding tert-OH is 1. The summed E-state index contributed by atoms with van der Waals surface area (Å²) in [5.41, 5.74) is -0.494. The molecule has 1 aromatic carbocycles. The molecule has 190 valence electrons. The van der Waals surface area contributed by atoms with E-state index >= 15 is 0 Å². The summed E-state index contributed by atoms with van der Waals surface area (Å²) in [6.07, 6.45) is -0.737. The number of nitrogens with zero attached hydrogens (tertiary/aromatic N) is 1. The zero-order valence-corrected chi connectivity index (χ0v) is 22.6. The number of benzene rings is 1. The number of aliphatic hydroxyl groups is 1. The number of carbonyl (C=O) groups excluding carboxylic acids is 1. The lowest BCUT2D eigenvalue weighted by atomic mass is 10.1. The molecule has 1 atom stereocenters. The molecule has 0 saturated carbocycles. The molecule has 1 amide bonds. The normalized spacial score (nSPS) is 13.6. The van der Waals surface area contributed by atoms with Gasteiger partial charge in [0, 0.05) is 13.1 Å². The fourth-order valence-corrected chi connectivity index (χ4v) is 7.81. The minimum atomic E-state index is -3.95. The molecule has 0 aromatic heterocycles. The molecule has 33 heavy (non-hydrogen) atoms. The monoisotopic (exact) mass is 506 g/mol. The first-order valence-corrected chi connectivity index (χ1v) is 15.6. The highest BCUT2D eigenvalue weighted by molar-refractivity contribution is 7.88. The Morgan fingerprint density at radius 2 is 1.79 bits per heavy atom. The van der Waals surface area contributed by atoms with Crippen LogP contribution in [0.25, 0.3) is 0 Å². The van der Waals surface area contributed by atoms with Gasteiger partial charge in [0.15, 0.2) is 19.9 Å². The molecule has 2 N–H and O–H groups in total. The Morgan fingerprint density at radius 1 is 1.21 bits per heavy atom. The summed E-state index contributed by atoms with van der Waals surface area (Å²) in [5, 5.41) is 12.2. The maximum absolute atomic E-state index is 14.6. The van der Waals surface area contributed by atoms with Gasteiger partial charge in [-0.2, -0.15) is 4.31 Å². The molecule has 0 saturated heterocycles. The highest BCUT2D eigenvalue weighted by Crippen LogP contribution is 2.32. The maximum Gasteiger partial charge on any atom is 0.429 e. The average Bonchev–Trinajstić information content (AvgIpc) is 2.70. The number of sulfonamides is 1. The number of rotatable bonds is 12. The topological polar surface area (TPSA) is 105 Å². The van der Waals surface area contributed by atoms with Gasteiger partial charge in [-0.25, -0.2) is 17.6 Å². The van der Waals surface area contributed by atoms with Gasteiger partial charge in [-0.3, -0.25) is 0 Å². The molecule has 0 fully saturated rings. The Hall–Kier alpha value is -1.53. The summed E-state index contributed by atoms with van der Waals surface area (Å²) < 4.78 is 51.3. The van der Waals surface area contributed by atoms with Gasteiger partial charge in [-0.1, -0.05) is 26.8 Å². The molecular weight excluding hydrogens is 467 g/mol. The van der Waals surface area contributed by atoms with Gasteiger partial charge in [0.25, 0.3) is 0 Å². The molecular formula is C22H39FN2O6SSi. The Bertz CT molecular complexity index is 879. The van der Waals surface area contributed by atoms with Gasteiger partial charge in [-0.15, -0.1) is 0 Å². The average molecular weight is 507 g/mol. The van der Waals surface area contributed by atoms with Crippen molar-refractivity contribution in [2.45, 2.75) is 71.3 Å². The van der Waals surface area contributed by atoms with E-state index in [1.807, 2.05) is 0 Å². The number of halogens is 1. The fraction of sp³-hybridized carbons (Fsp3) is 0.682. The maximum atomic E-state index is 14.6. The Labute approximate surface area is 198 Å². The van der Waals surface area contributed by atoms with Crippen LogP contribution in [0.5, 0.6) is 5.75 Å². The predicted octanol–water partition coefficient (Wildman–Crippen LogP) is 4.03. The third-order valence-corrected chi connectivity index (χ3v) is 11.6. The van der Waals surface area contributed by atoms with Crippen molar-refractivity contribution < 1.29 is 31.9 Å². The van der Waals surface area contributed by atoms with Crippen LogP contribution in [0, 0.1) is 5.82 Å². The third-order valence-electron chi connectivity index (χ3n) is 5.57. The van der Waals surface area contributed by atoms with Crippen LogP contribution >= 0.6 is 0 Å². The van der Waals surface area contributed by atoms with E-state index in [1.165, 1.54) is 12.1 Å². The van der Waals surface area contributed by atoms with Gasteiger partial charge in [0.05, 0.1) is 24.5 Å². The highest BCUT2D eigenvalue weighted by Gasteiger charge is 2.37. The van der Waals surface area contributed by atoms with Crippen LogP contribution in [0.15, 0.2) is 18.2 Å². The number of amides is 1. The van der Waals surface area contributed by atoms with E-state index in [0.29, 0.717) is 23.0 Å². The van der Waals surface area contributed by atoms with Gasteiger partial charge in [0.2, 0.25) is 10.0 Å². The van der Waals surface area contributed by atoms with Crippen LogP contribution in [0.3, 0.4) is 0 Å². The minimum Gasteiger partial charge on any atom is -0.409 e. The van der Waals surface area contributed by atoms with E-state index in [4.69, 9.17) is 14.3 Å². The third kappa shape index (κ3) is 8.32. The molecule has 1 unspecified atom stereocenters. The van der Waals surface area contributed by atoms with Crippen LogP contribution in [0.4, 0.5) is 9.18 Å². The molecule has 0 bridgehead atoms. The van der Waals surface area contributed by atoms with Crippen molar-refractivity contribution in [3.63, 3.8) is 0 Å². The number of hydrogen-bond donors (Lipinski definition) is 2. The van der Waals surface area contributed by atoms with Crippen molar-refractivity contribution in [3.8, 4) is 5.75 Å². The molecule has 0 heterocycles. The predicted molar refractivity (Wildman–Crippen MR) is 130 cm³/mol. The molecule has 0 aliphatic carbocycles. The van der Waals surface area contributed by atoms with Gasteiger partial charge in [0.1, 0.15) is 0 Å². The second kappa shape index (κ2) is 12.3. The van der Waals surface area contributed by atoms with Gasteiger partial charge in [-0.05, 0) is 56.6 Å². The number of nitrogens with one attached hydrogen (secondary N) is 1. The molecule has 0 aliphatic rings. The van der Waals surface area contributed by atoms with Crippen molar-refractivity contribution in [1.29, 1.82) is 0 Å². The first-order chi connectivity index (χ1) is 15.2. The Balaban J connectivity index is 3.33. The van der Waals surface area contributed by atoms with Crippen molar-refractivity contribution >= 4 is 24.4 Å². The molecule has 0 aliphatic heterocycles. The lowest BCUT2D eigenvalue weighted by molar-refractivity contribution is 0.151. The highest BCUT2D eigenvalue weighted by atomic mass is 32.2. The summed E-state index contributed by atoms with van der Waals surface area (Å²) in [5.74, 6) is -1.16. The largest absolute Gasteiger partial charge is 0.429 e. The first kappa shape index (κ1) is 29.5. The van der Waals surface area contributed by atoms with E-state index in [9.17, 15) is 17.6 Å². The first-order valence-electron chi connectivity index (χ1n) is 11.3. The van der Waals surface area contributed by atoms with Crippen molar-refractivity contribution in [2.75, 3.05) is 26.0 Å². The smallest absolute Gasteiger partial charge is 0.409 e. The van der Waals surface area contributed by atoms with Crippen LogP contribution < -0.4 is 10.1 Å². The van der Waals surface area contributed by atoms with Gasteiger partial charge < -0.3 is 19.6 Å².